The summed E-state index contributed by atoms with van der Waals surface area (Å²) in [6, 6.07) is 0.594. The number of aromatic amines is 1. The fourth-order valence-electron chi connectivity index (χ4n) is 2.55. The van der Waals surface area contributed by atoms with Gasteiger partial charge in [-0.1, -0.05) is 0 Å². The summed E-state index contributed by atoms with van der Waals surface area (Å²) in [4.78, 5) is 19.1. The molecule has 4 nitrogen and oxygen atoms in total. The Balaban J connectivity index is 2.13. The Hall–Kier alpha value is -0.810. The van der Waals surface area contributed by atoms with Gasteiger partial charge in [-0.05, 0) is 45.1 Å². The van der Waals surface area contributed by atoms with Gasteiger partial charge in [-0.25, -0.2) is 4.98 Å². The lowest BCUT2D eigenvalue weighted by Gasteiger charge is -2.26. The Morgan fingerprint density at radius 1 is 1.39 bits per heavy atom. The predicted octanol–water partition coefficient (Wildman–Crippen LogP) is 1.93. The van der Waals surface area contributed by atoms with Crippen molar-refractivity contribution >= 4 is 11.8 Å². The molecule has 0 aliphatic carbocycles. The SMILES string of the molecule is Cc1nc(C)c(C(C)NC2CCSCC2)c(=O)[nH]1. The monoisotopic (exact) mass is 267 g/mol. The van der Waals surface area contributed by atoms with E-state index in [1.165, 1.54) is 24.3 Å². The molecule has 0 amide bonds. The van der Waals surface area contributed by atoms with Crippen LogP contribution in [0.4, 0.5) is 0 Å². The molecule has 2 heterocycles. The summed E-state index contributed by atoms with van der Waals surface area (Å²) >= 11 is 2.01. The lowest BCUT2D eigenvalue weighted by Crippen LogP contribution is -2.37. The minimum Gasteiger partial charge on any atom is -0.310 e. The quantitative estimate of drug-likeness (QED) is 0.878. The van der Waals surface area contributed by atoms with E-state index in [9.17, 15) is 4.79 Å². The van der Waals surface area contributed by atoms with E-state index in [2.05, 4.69) is 22.2 Å². The average molecular weight is 267 g/mol. The summed E-state index contributed by atoms with van der Waals surface area (Å²) in [5, 5.41) is 3.56. The van der Waals surface area contributed by atoms with Gasteiger partial charge < -0.3 is 10.3 Å². The zero-order valence-electron chi connectivity index (χ0n) is 11.2. The lowest BCUT2D eigenvalue weighted by atomic mass is 10.1. The third-order valence-corrected chi connectivity index (χ3v) is 4.45. The van der Waals surface area contributed by atoms with Gasteiger partial charge in [-0.2, -0.15) is 11.8 Å². The fourth-order valence-corrected chi connectivity index (χ4v) is 3.65. The highest BCUT2D eigenvalue weighted by molar-refractivity contribution is 7.99. The zero-order chi connectivity index (χ0) is 13.1. The van der Waals surface area contributed by atoms with E-state index in [0.717, 1.165) is 11.3 Å². The molecule has 1 aliphatic rings. The lowest BCUT2D eigenvalue weighted by molar-refractivity contribution is 0.427. The van der Waals surface area contributed by atoms with Crippen molar-refractivity contribution in [1.82, 2.24) is 15.3 Å². The van der Waals surface area contributed by atoms with Crippen molar-refractivity contribution in [3.05, 3.63) is 27.4 Å². The van der Waals surface area contributed by atoms with Gasteiger partial charge >= 0.3 is 0 Å². The van der Waals surface area contributed by atoms with Crippen LogP contribution in [-0.4, -0.2) is 27.5 Å². The van der Waals surface area contributed by atoms with Crippen LogP contribution in [0.25, 0.3) is 0 Å². The first kappa shape index (κ1) is 13.6. The minimum atomic E-state index is -0.00909. The Labute approximate surface area is 112 Å². The molecule has 0 spiro atoms. The number of rotatable bonds is 3. The Kier molecular flexibility index (Phi) is 4.45. The first-order valence-electron chi connectivity index (χ1n) is 6.49. The van der Waals surface area contributed by atoms with E-state index in [1.807, 2.05) is 25.6 Å². The minimum absolute atomic E-state index is 0.00909. The number of nitrogens with zero attached hydrogens (tertiary/aromatic N) is 1. The largest absolute Gasteiger partial charge is 0.310 e. The molecular formula is C13H21N3OS. The second kappa shape index (κ2) is 5.89. The Morgan fingerprint density at radius 3 is 2.67 bits per heavy atom. The second-order valence-electron chi connectivity index (χ2n) is 4.93. The number of aromatic nitrogens is 2. The standard InChI is InChI=1S/C13H21N3OS/c1-8-12(13(17)16-10(3)14-8)9(2)15-11-4-6-18-7-5-11/h9,11,15H,4-7H2,1-3H3,(H,14,16,17). The summed E-state index contributed by atoms with van der Waals surface area (Å²) in [6.07, 6.45) is 2.37. The molecule has 1 saturated heterocycles. The molecule has 0 aromatic carbocycles. The summed E-state index contributed by atoms with van der Waals surface area (Å²) in [5.74, 6) is 3.11. The Bertz CT molecular complexity index is 466. The molecule has 1 atom stereocenters. The maximum Gasteiger partial charge on any atom is 0.255 e. The molecule has 1 aliphatic heterocycles. The maximum atomic E-state index is 12.0. The van der Waals surface area contributed by atoms with Crippen LogP contribution in [-0.2, 0) is 0 Å². The molecule has 0 saturated carbocycles. The number of hydrogen-bond donors (Lipinski definition) is 2. The molecule has 18 heavy (non-hydrogen) atoms. The van der Waals surface area contributed by atoms with E-state index < -0.39 is 0 Å². The number of thioether (sulfide) groups is 1. The van der Waals surface area contributed by atoms with E-state index in [4.69, 9.17) is 0 Å². The van der Waals surface area contributed by atoms with Gasteiger partial charge in [0.1, 0.15) is 5.82 Å². The number of H-pyrrole nitrogens is 1. The van der Waals surface area contributed by atoms with Gasteiger partial charge in [-0.3, -0.25) is 4.79 Å². The number of aryl methyl sites for hydroxylation is 2. The van der Waals surface area contributed by atoms with Crippen molar-refractivity contribution in [2.24, 2.45) is 0 Å². The van der Waals surface area contributed by atoms with Crippen LogP contribution in [0.2, 0.25) is 0 Å². The van der Waals surface area contributed by atoms with Crippen molar-refractivity contribution in [3.63, 3.8) is 0 Å². The third-order valence-electron chi connectivity index (χ3n) is 3.40. The molecule has 0 radical (unpaired) electrons. The predicted molar refractivity (Wildman–Crippen MR) is 76.2 cm³/mol. The van der Waals surface area contributed by atoms with Crippen LogP contribution in [0.15, 0.2) is 4.79 Å². The van der Waals surface area contributed by atoms with Gasteiger partial charge in [0.2, 0.25) is 0 Å². The Morgan fingerprint density at radius 2 is 2.06 bits per heavy atom. The molecule has 1 aromatic heterocycles. The molecule has 5 heteroatoms. The highest BCUT2D eigenvalue weighted by atomic mass is 32.2. The smallest absolute Gasteiger partial charge is 0.255 e. The van der Waals surface area contributed by atoms with E-state index in [0.29, 0.717) is 11.9 Å². The molecule has 2 N–H and O–H groups in total. The summed E-state index contributed by atoms with van der Waals surface area (Å²) < 4.78 is 0. The first-order chi connectivity index (χ1) is 8.58. The zero-order valence-corrected chi connectivity index (χ0v) is 12.1. The van der Waals surface area contributed by atoms with Crippen molar-refractivity contribution in [1.29, 1.82) is 0 Å². The van der Waals surface area contributed by atoms with Gasteiger partial charge in [0.25, 0.3) is 5.56 Å². The van der Waals surface area contributed by atoms with Crippen LogP contribution >= 0.6 is 11.8 Å². The third kappa shape index (κ3) is 3.14. The van der Waals surface area contributed by atoms with Crippen LogP contribution < -0.4 is 10.9 Å². The maximum absolute atomic E-state index is 12.0. The average Bonchev–Trinajstić information content (AvgIpc) is 2.28. The van der Waals surface area contributed by atoms with Crippen molar-refractivity contribution in [2.75, 3.05) is 11.5 Å². The topological polar surface area (TPSA) is 57.8 Å². The number of hydrogen-bond acceptors (Lipinski definition) is 4. The first-order valence-corrected chi connectivity index (χ1v) is 7.64. The normalized spacial score (nSPS) is 18.8. The molecular weight excluding hydrogens is 246 g/mol. The number of nitrogens with one attached hydrogen (secondary N) is 2. The molecule has 1 aromatic rings. The fraction of sp³-hybridized carbons (Fsp3) is 0.692. The van der Waals surface area contributed by atoms with Gasteiger partial charge in [-0.15, -0.1) is 0 Å². The summed E-state index contributed by atoms with van der Waals surface area (Å²) in [5.41, 5.74) is 1.60. The molecule has 1 unspecified atom stereocenters. The van der Waals surface area contributed by atoms with Crippen LogP contribution in [0.1, 0.15) is 42.9 Å². The molecule has 2 rings (SSSR count). The van der Waals surface area contributed by atoms with Crippen LogP contribution in [0, 0.1) is 13.8 Å². The van der Waals surface area contributed by atoms with Crippen LogP contribution in [0.3, 0.4) is 0 Å². The van der Waals surface area contributed by atoms with Crippen molar-refractivity contribution in [2.45, 2.75) is 45.7 Å². The van der Waals surface area contributed by atoms with Crippen LogP contribution in [0.5, 0.6) is 0 Å². The van der Waals surface area contributed by atoms with Gasteiger partial charge in [0, 0.05) is 17.8 Å². The summed E-state index contributed by atoms with van der Waals surface area (Å²) in [7, 11) is 0. The molecule has 0 bridgehead atoms. The highest BCUT2D eigenvalue weighted by Gasteiger charge is 2.20. The molecule has 100 valence electrons. The van der Waals surface area contributed by atoms with Gasteiger partial charge in [0.15, 0.2) is 0 Å². The van der Waals surface area contributed by atoms with E-state index >= 15 is 0 Å². The molecule has 1 fully saturated rings. The summed E-state index contributed by atoms with van der Waals surface area (Å²) in [6.45, 7) is 5.78. The van der Waals surface area contributed by atoms with E-state index in [-0.39, 0.29) is 11.6 Å². The van der Waals surface area contributed by atoms with E-state index in [1.54, 1.807) is 0 Å². The van der Waals surface area contributed by atoms with Gasteiger partial charge in [0.05, 0.1) is 5.56 Å². The highest BCUT2D eigenvalue weighted by Crippen LogP contribution is 2.20. The second-order valence-corrected chi connectivity index (χ2v) is 6.15. The van der Waals surface area contributed by atoms with Crippen molar-refractivity contribution < 1.29 is 0 Å². The van der Waals surface area contributed by atoms with Crippen molar-refractivity contribution in [3.8, 4) is 0 Å².